The lowest BCUT2D eigenvalue weighted by molar-refractivity contribution is 0.00593. The molecule has 0 aromatic carbocycles. The molecule has 0 atom stereocenters. The topological polar surface area (TPSA) is 44.1 Å². The van der Waals surface area contributed by atoms with Crippen molar-refractivity contribution >= 4 is 6.09 Å². The summed E-state index contributed by atoms with van der Waals surface area (Å²) in [5.41, 5.74) is 2.56. The molecule has 1 fully saturated rings. The molecule has 0 amide bonds. The maximum atomic E-state index is 11.9. The fraction of sp³-hybridized carbons (Fsp3) is 0.571. The highest BCUT2D eigenvalue weighted by Gasteiger charge is 2.33. The minimum atomic E-state index is -0.347. The van der Waals surface area contributed by atoms with Crippen LogP contribution >= 0.6 is 0 Å². The van der Waals surface area contributed by atoms with Gasteiger partial charge in [-0.15, -0.1) is 0 Å². The van der Waals surface area contributed by atoms with Gasteiger partial charge in [0.1, 0.15) is 11.9 Å². The molecule has 1 aliphatic rings. The first kappa shape index (κ1) is 12.9. The van der Waals surface area contributed by atoms with E-state index in [0.29, 0.717) is 0 Å². The monoisotopic (exact) mass is 248 g/mol. The van der Waals surface area contributed by atoms with Crippen molar-refractivity contribution in [2.24, 2.45) is 0 Å². The van der Waals surface area contributed by atoms with Crippen molar-refractivity contribution in [3.63, 3.8) is 0 Å². The third kappa shape index (κ3) is 2.81. The third-order valence-corrected chi connectivity index (χ3v) is 3.67. The predicted octanol–water partition coefficient (Wildman–Crippen LogP) is 3.54. The van der Waals surface area contributed by atoms with E-state index in [0.717, 1.165) is 25.7 Å². The highest BCUT2D eigenvalue weighted by atomic mass is 16.6. The van der Waals surface area contributed by atoms with Gasteiger partial charge in [-0.2, -0.15) is 0 Å². The Hall–Kier alpha value is -1.58. The lowest BCUT2D eigenvalue weighted by Crippen LogP contribution is -2.35. The van der Waals surface area contributed by atoms with Crippen molar-refractivity contribution in [2.45, 2.75) is 52.1 Å². The number of carbonyl (C=O) groups excluding carboxylic acids is 1. The van der Waals surface area contributed by atoms with Crippen LogP contribution in [-0.2, 0) is 4.74 Å². The van der Waals surface area contributed by atoms with Crippen LogP contribution in [0.25, 0.3) is 0 Å². The van der Waals surface area contributed by atoms with Crippen molar-refractivity contribution in [2.75, 3.05) is 0 Å². The Morgan fingerprint density at radius 1 is 1.39 bits per heavy atom. The van der Waals surface area contributed by atoms with Gasteiger partial charge in [0.05, 0.1) is 0 Å². The fourth-order valence-electron chi connectivity index (χ4n) is 2.31. The van der Waals surface area contributed by atoms with E-state index in [1.165, 1.54) is 22.0 Å². The van der Waals surface area contributed by atoms with Gasteiger partial charge in [-0.25, -0.2) is 14.3 Å². The molecule has 0 spiro atoms. The molecule has 1 aromatic heterocycles. The molecule has 4 heteroatoms. The number of hydrogen-bond donors (Lipinski definition) is 0. The van der Waals surface area contributed by atoms with Gasteiger partial charge in [0.25, 0.3) is 0 Å². The lowest BCUT2D eigenvalue weighted by Gasteiger charge is -2.34. The van der Waals surface area contributed by atoms with E-state index >= 15 is 0 Å². The summed E-state index contributed by atoms with van der Waals surface area (Å²) in [6, 6.07) is 0. The number of imidazole rings is 1. The van der Waals surface area contributed by atoms with E-state index in [1.807, 2.05) is 6.92 Å². The van der Waals surface area contributed by atoms with Crippen molar-refractivity contribution in [1.29, 1.82) is 0 Å². The molecule has 1 aliphatic carbocycles. The van der Waals surface area contributed by atoms with Gasteiger partial charge in [0, 0.05) is 12.4 Å². The second-order valence-electron chi connectivity index (χ2n) is 5.39. The first-order valence-corrected chi connectivity index (χ1v) is 6.37. The summed E-state index contributed by atoms with van der Waals surface area (Å²) in [4.78, 5) is 15.7. The van der Waals surface area contributed by atoms with Gasteiger partial charge in [0.2, 0.25) is 0 Å². The minimum absolute atomic E-state index is 0.337. The maximum Gasteiger partial charge on any atom is 0.419 e. The van der Waals surface area contributed by atoms with Crippen molar-refractivity contribution in [1.82, 2.24) is 9.55 Å². The number of hydrogen-bond acceptors (Lipinski definition) is 3. The number of allylic oxidation sites excluding steroid dienone is 2. The molecule has 2 rings (SSSR count). The van der Waals surface area contributed by atoms with E-state index in [2.05, 4.69) is 18.8 Å². The molecule has 0 bridgehead atoms. The Bertz CT molecular complexity index is 446. The molecule has 1 heterocycles. The molecule has 1 aromatic rings. The molecule has 0 aliphatic heterocycles. The van der Waals surface area contributed by atoms with Crippen LogP contribution in [0, 0.1) is 0 Å². The summed E-state index contributed by atoms with van der Waals surface area (Å²) in [7, 11) is 0. The zero-order valence-corrected chi connectivity index (χ0v) is 11.3. The molecular formula is C14H20N2O2. The number of rotatable bonds is 1. The van der Waals surface area contributed by atoms with Crippen molar-refractivity contribution in [3.8, 4) is 0 Å². The van der Waals surface area contributed by atoms with E-state index in [9.17, 15) is 4.79 Å². The lowest BCUT2D eigenvalue weighted by atomic mass is 9.82. The summed E-state index contributed by atoms with van der Waals surface area (Å²) in [5, 5.41) is 0. The number of ether oxygens (including phenoxy) is 1. The van der Waals surface area contributed by atoms with Gasteiger partial charge in [-0.05, 0) is 46.5 Å². The van der Waals surface area contributed by atoms with Gasteiger partial charge in [0.15, 0.2) is 0 Å². The summed E-state index contributed by atoms with van der Waals surface area (Å²) < 4.78 is 6.99. The Kier molecular flexibility index (Phi) is 3.55. The van der Waals surface area contributed by atoms with Crippen LogP contribution in [0.2, 0.25) is 0 Å². The van der Waals surface area contributed by atoms with E-state index in [4.69, 9.17) is 4.74 Å². The molecular weight excluding hydrogens is 228 g/mol. The summed E-state index contributed by atoms with van der Waals surface area (Å²) in [6.07, 6.45) is 8.15. The van der Waals surface area contributed by atoms with E-state index in [-0.39, 0.29) is 11.7 Å². The summed E-state index contributed by atoms with van der Waals surface area (Å²) in [6.45, 7) is 6.31. The van der Waals surface area contributed by atoms with Crippen LogP contribution < -0.4 is 0 Å². The van der Waals surface area contributed by atoms with E-state index < -0.39 is 0 Å². The predicted molar refractivity (Wildman–Crippen MR) is 69.4 cm³/mol. The largest absolute Gasteiger partial charge is 0.443 e. The number of nitrogens with zero attached hydrogens (tertiary/aromatic N) is 2. The van der Waals surface area contributed by atoms with Gasteiger partial charge < -0.3 is 4.74 Å². The van der Waals surface area contributed by atoms with Crippen molar-refractivity contribution in [3.05, 3.63) is 29.9 Å². The highest BCUT2D eigenvalue weighted by Crippen LogP contribution is 2.35. The molecule has 18 heavy (non-hydrogen) atoms. The zero-order chi connectivity index (χ0) is 13.2. The normalized spacial score (nSPS) is 23.8. The Morgan fingerprint density at radius 3 is 2.56 bits per heavy atom. The summed E-state index contributed by atoms with van der Waals surface area (Å²) >= 11 is 0. The number of carbonyl (C=O) groups is 1. The smallest absolute Gasteiger partial charge is 0.419 e. The third-order valence-electron chi connectivity index (χ3n) is 3.67. The Morgan fingerprint density at radius 2 is 2.06 bits per heavy atom. The number of aromatic nitrogens is 2. The molecule has 1 saturated carbocycles. The molecule has 0 saturated heterocycles. The summed E-state index contributed by atoms with van der Waals surface area (Å²) in [5.74, 6) is 0. The first-order valence-electron chi connectivity index (χ1n) is 6.37. The molecule has 4 nitrogen and oxygen atoms in total. The average Bonchev–Trinajstić information content (AvgIpc) is 2.82. The molecule has 0 radical (unpaired) electrons. The van der Waals surface area contributed by atoms with Crippen LogP contribution in [0.4, 0.5) is 4.79 Å². The van der Waals surface area contributed by atoms with Crippen molar-refractivity contribution < 1.29 is 9.53 Å². The van der Waals surface area contributed by atoms with Crippen LogP contribution in [0.5, 0.6) is 0 Å². The quantitative estimate of drug-likeness (QED) is 0.714. The highest BCUT2D eigenvalue weighted by molar-refractivity contribution is 5.70. The first-order chi connectivity index (χ1) is 8.50. The van der Waals surface area contributed by atoms with Gasteiger partial charge in [-0.3, -0.25) is 0 Å². The molecule has 98 valence electrons. The average molecular weight is 248 g/mol. The Balaban J connectivity index is 1.98. The SMILES string of the molecule is CC(C)=C1CCC(C)(OC(=O)n2ccnc2)CC1. The second-order valence-corrected chi connectivity index (χ2v) is 5.39. The van der Waals surface area contributed by atoms with Crippen LogP contribution in [-0.4, -0.2) is 21.2 Å². The zero-order valence-electron chi connectivity index (χ0n) is 11.3. The van der Waals surface area contributed by atoms with Gasteiger partial charge in [-0.1, -0.05) is 11.1 Å². The van der Waals surface area contributed by atoms with Crippen LogP contribution in [0.3, 0.4) is 0 Å². The van der Waals surface area contributed by atoms with E-state index in [1.54, 1.807) is 12.4 Å². The standard InChI is InChI=1S/C14H20N2O2/c1-11(2)12-4-6-14(3,7-5-12)18-13(17)16-9-8-15-10-16/h8-10H,4-7H2,1-3H3. The van der Waals surface area contributed by atoms with Crippen LogP contribution in [0.15, 0.2) is 29.9 Å². The Labute approximate surface area is 108 Å². The molecule has 0 N–H and O–H groups in total. The minimum Gasteiger partial charge on any atom is -0.443 e. The second kappa shape index (κ2) is 4.96. The fourth-order valence-corrected chi connectivity index (χ4v) is 2.31. The van der Waals surface area contributed by atoms with Gasteiger partial charge >= 0.3 is 6.09 Å². The maximum absolute atomic E-state index is 11.9. The molecule has 0 unspecified atom stereocenters. The van der Waals surface area contributed by atoms with Crippen LogP contribution in [0.1, 0.15) is 46.5 Å².